The minimum atomic E-state index is -0.318. The fourth-order valence-corrected chi connectivity index (χ4v) is 3.55. The van der Waals surface area contributed by atoms with Crippen molar-refractivity contribution in [2.75, 3.05) is 23.8 Å². The first-order valence-electron chi connectivity index (χ1n) is 9.95. The van der Waals surface area contributed by atoms with Gasteiger partial charge in [-0.05, 0) is 43.2 Å². The Morgan fingerprint density at radius 3 is 2.80 bits per heavy atom. The van der Waals surface area contributed by atoms with Gasteiger partial charge in [0.1, 0.15) is 11.6 Å². The molecule has 1 unspecified atom stereocenters. The fourth-order valence-electron chi connectivity index (χ4n) is 3.55. The third-order valence-corrected chi connectivity index (χ3v) is 5.03. The Morgan fingerprint density at radius 1 is 1.10 bits per heavy atom. The van der Waals surface area contributed by atoms with Crippen molar-refractivity contribution in [2.45, 2.75) is 18.9 Å². The molecule has 0 bridgehead atoms. The maximum Gasteiger partial charge on any atom is 0.226 e. The zero-order chi connectivity index (χ0) is 20.3. The summed E-state index contributed by atoms with van der Waals surface area (Å²) in [4.78, 5) is 9.33. The van der Waals surface area contributed by atoms with Crippen molar-refractivity contribution in [3.63, 3.8) is 0 Å². The summed E-state index contributed by atoms with van der Waals surface area (Å²) in [5.41, 5.74) is 2.16. The molecule has 3 heterocycles. The van der Waals surface area contributed by atoms with Gasteiger partial charge in [-0.2, -0.15) is 15.1 Å². The van der Waals surface area contributed by atoms with Gasteiger partial charge in [-0.25, -0.2) is 9.07 Å². The number of halogens is 1. The molecule has 2 N–H and O–H groups in total. The molecule has 1 atom stereocenters. The zero-order valence-electron chi connectivity index (χ0n) is 16.3. The topological polar surface area (TPSA) is 76.9 Å². The third kappa shape index (κ3) is 3.81. The number of para-hydroxylation sites is 1. The number of nitrogens with one attached hydrogen (secondary N) is 2. The summed E-state index contributed by atoms with van der Waals surface area (Å²) in [5, 5.41) is 11.7. The number of hydrogen-bond donors (Lipinski definition) is 2. The van der Waals surface area contributed by atoms with Crippen molar-refractivity contribution in [3.8, 4) is 5.69 Å². The van der Waals surface area contributed by atoms with Gasteiger partial charge in [-0.3, -0.25) is 0 Å². The van der Waals surface area contributed by atoms with Crippen LogP contribution in [0.1, 0.15) is 12.8 Å². The van der Waals surface area contributed by atoms with Crippen LogP contribution in [-0.4, -0.2) is 39.0 Å². The number of rotatable bonds is 6. The van der Waals surface area contributed by atoms with E-state index in [1.165, 1.54) is 12.1 Å². The van der Waals surface area contributed by atoms with Crippen molar-refractivity contribution in [3.05, 3.63) is 66.6 Å². The monoisotopic (exact) mass is 404 g/mol. The van der Waals surface area contributed by atoms with Crippen LogP contribution in [0.3, 0.4) is 0 Å². The molecule has 2 aromatic carbocycles. The van der Waals surface area contributed by atoms with Gasteiger partial charge in [0, 0.05) is 18.8 Å². The highest BCUT2D eigenvalue weighted by molar-refractivity contribution is 5.90. The predicted molar refractivity (Wildman–Crippen MR) is 114 cm³/mol. The molecule has 152 valence electrons. The average molecular weight is 404 g/mol. The van der Waals surface area contributed by atoms with Crippen LogP contribution in [0.25, 0.3) is 16.7 Å². The first-order chi connectivity index (χ1) is 14.8. The van der Waals surface area contributed by atoms with Crippen LogP contribution >= 0.6 is 0 Å². The highest BCUT2D eigenvalue weighted by Crippen LogP contribution is 2.27. The Labute approximate surface area is 172 Å². The maximum atomic E-state index is 13.7. The second-order valence-corrected chi connectivity index (χ2v) is 7.18. The van der Waals surface area contributed by atoms with Gasteiger partial charge in [0.15, 0.2) is 5.65 Å². The average Bonchev–Trinajstić information content (AvgIpc) is 3.43. The molecule has 8 heteroatoms. The summed E-state index contributed by atoms with van der Waals surface area (Å²) >= 11 is 0. The van der Waals surface area contributed by atoms with Crippen LogP contribution in [-0.2, 0) is 4.74 Å². The lowest BCUT2D eigenvalue weighted by molar-refractivity contribution is 0.120. The molecule has 0 spiro atoms. The lowest BCUT2D eigenvalue weighted by Crippen LogP contribution is -2.20. The quantitative estimate of drug-likeness (QED) is 0.499. The van der Waals surface area contributed by atoms with Crippen LogP contribution in [0.5, 0.6) is 0 Å². The van der Waals surface area contributed by atoms with E-state index in [9.17, 15) is 4.39 Å². The fraction of sp³-hybridized carbons (Fsp3) is 0.227. The van der Waals surface area contributed by atoms with Gasteiger partial charge >= 0.3 is 0 Å². The van der Waals surface area contributed by atoms with Gasteiger partial charge in [0.25, 0.3) is 0 Å². The Kier molecular flexibility index (Phi) is 4.98. The largest absolute Gasteiger partial charge is 0.376 e. The summed E-state index contributed by atoms with van der Waals surface area (Å²) in [7, 11) is 0. The Hall–Kier alpha value is -3.52. The normalized spacial score (nSPS) is 16.1. The van der Waals surface area contributed by atoms with Gasteiger partial charge in [-0.1, -0.05) is 24.3 Å². The molecule has 2 aromatic heterocycles. The maximum absolute atomic E-state index is 13.7. The van der Waals surface area contributed by atoms with E-state index in [4.69, 9.17) is 9.72 Å². The summed E-state index contributed by atoms with van der Waals surface area (Å²) in [6.45, 7) is 1.42. The highest BCUT2D eigenvalue weighted by atomic mass is 19.1. The third-order valence-electron chi connectivity index (χ3n) is 5.03. The van der Waals surface area contributed by atoms with E-state index in [1.807, 2.05) is 30.3 Å². The zero-order valence-corrected chi connectivity index (χ0v) is 16.3. The molecule has 1 aliphatic rings. The SMILES string of the molecule is Fc1cccc(Nc2nc(NCC3CCCO3)nc3c2cnn3-c2ccccc2)c1. The molecule has 1 saturated heterocycles. The van der Waals surface area contributed by atoms with Gasteiger partial charge in [0.2, 0.25) is 5.95 Å². The molecular formula is C22H21FN6O. The van der Waals surface area contributed by atoms with E-state index in [1.54, 1.807) is 23.0 Å². The second kappa shape index (κ2) is 8.08. The molecule has 0 saturated carbocycles. The van der Waals surface area contributed by atoms with Gasteiger partial charge < -0.3 is 15.4 Å². The molecule has 5 rings (SSSR count). The first-order valence-corrected chi connectivity index (χ1v) is 9.95. The summed E-state index contributed by atoms with van der Waals surface area (Å²) < 4.78 is 21.1. The molecule has 0 aliphatic carbocycles. The number of aromatic nitrogens is 4. The number of ether oxygens (including phenoxy) is 1. The van der Waals surface area contributed by atoms with E-state index in [-0.39, 0.29) is 11.9 Å². The van der Waals surface area contributed by atoms with E-state index in [0.29, 0.717) is 29.6 Å². The molecular weight excluding hydrogens is 383 g/mol. The minimum Gasteiger partial charge on any atom is -0.376 e. The number of anilines is 3. The lowest BCUT2D eigenvalue weighted by atomic mass is 10.2. The molecule has 1 fully saturated rings. The number of fused-ring (bicyclic) bond motifs is 1. The van der Waals surface area contributed by atoms with Crippen molar-refractivity contribution >= 4 is 28.5 Å². The molecule has 30 heavy (non-hydrogen) atoms. The molecule has 7 nitrogen and oxygen atoms in total. The minimum absolute atomic E-state index is 0.156. The van der Waals surface area contributed by atoms with Crippen molar-refractivity contribution in [1.82, 2.24) is 19.7 Å². The van der Waals surface area contributed by atoms with Crippen LogP contribution in [0.4, 0.5) is 21.8 Å². The van der Waals surface area contributed by atoms with E-state index in [2.05, 4.69) is 20.7 Å². The Balaban J connectivity index is 1.55. The van der Waals surface area contributed by atoms with E-state index in [0.717, 1.165) is 30.5 Å². The Morgan fingerprint density at radius 2 is 2.00 bits per heavy atom. The highest BCUT2D eigenvalue weighted by Gasteiger charge is 2.18. The van der Waals surface area contributed by atoms with Crippen molar-refractivity contribution < 1.29 is 9.13 Å². The molecule has 0 radical (unpaired) electrons. The van der Waals surface area contributed by atoms with E-state index >= 15 is 0 Å². The number of nitrogens with zero attached hydrogens (tertiary/aromatic N) is 4. The van der Waals surface area contributed by atoms with Gasteiger partial charge in [-0.15, -0.1) is 0 Å². The summed E-state index contributed by atoms with van der Waals surface area (Å²) in [5.74, 6) is 0.708. The van der Waals surface area contributed by atoms with Gasteiger partial charge in [0.05, 0.1) is 23.4 Å². The smallest absolute Gasteiger partial charge is 0.226 e. The first kappa shape index (κ1) is 18.5. The Bertz CT molecular complexity index is 1160. The molecule has 0 amide bonds. The standard InChI is InChI=1S/C22H21FN6O/c23-15-6-4-7-16(12-15)26-20-19-14-25-29(17-8-2-1-3-9-17)21(19)28-22(27-20)24-13-18-10-5-11-30-18/h1-4,6-9,12,14,18H,5,10-11,13H2,(H2,24,26,27,28). The summed E-state index contributed by atoms with van der Waals surface area (Å²) in [6.07, 6.45) is 3.96. The van der Waals surface area contributed by atoms with Crippen molar-refractivity contribution in [1.29, 1.82) is 0 Å². The lowest BCUT2D eigenvalue weighted by Gasteiger charge is -2.13. The van der Waals surface area contributed by atoms with Crippen LogP contribution in [0.2, 0.25) is 0 Å². The van der Waals surface area contributed by atoms with Crippen LogP contribution in [0.15, 0.2) is 60.8 Å². The predicted octanol–water partition coefficient (Wildman–Crippen LogP) is 4.29. The van der Waals surface area contributed by atoms with E-state index < -0.39 is 0 Å². The second-order valence-electron chi connectivity index (χ2n) is 7.18. The molecule has 4 aromatic rings. The van der Waals surface area contributed by atoms with Crippen LogP contribution < -0.4 is 10.6 Å². The molecule has 1 aliphatic heterocycles. The number of hydrogen-bond acceptors (Lipinski definition) is 6. The van der Waals surface area contributed by atoms with Crippen molar-refractivity contribution in [2.24, 2.45) is 0 Å². The van der Waals surface area contributed by atoms with Crippen LogP contribution in [0, 0.1) is 5.82 Å². The number of benzene rings is 2. The summed E-state index contributed by atoms with van der Waals surface area (Å²) in [6, 6.07) is 16.1.